The number of hydrogen-bond donors (Lipinski definition) is 0. The minimum atomic E-state index is -0.0265. The summed E-state index contributed by atoms with van der Waals surface area (Å²) in [5, 5.41) is 3.80. The van der Waals surface area contributed by atoms with E-state index < -0.39 is 0 Å². The number of hydrogen-bond acceptors (Lipinski definition) is 5. The highest BCUT2D eigenvalue weighted by Gasteiger charge is 2.12. The number of aromatic nitrogens is 1. The first-order valence-electron chi connectivity index (χ1n) is 8.79. The lowest BCUT2D eigenvalue weighted by molar-refractivity contribution is 0.0773. The zero-order valence-corrected chi connectivity index (χ0v) is 18.1. The highest BCUT2D eigenvalue weighted by molar-refractivity contribution is 7.98. The highest BCUT2D eigenvalue weighted by atomic mass is 35.5. The SMILES string of the molecule is Cc1nc(CSc2ccc(C(=O)N(C)CCOc3cccc(Cl)c3)cc2)cs1. The standard InChI is InChI=1S/C21H21ClN2O2S2/c1-15-23-18(13-27-15)14-28-20-8-6-16(7-9-20)21(25)24(2)10-11-26-19-5-3-4-17(22)12-19/h3-9,12-13H,10-11,14H2,1-2H3. The molecule has 0 radical (unpaired) electrons. The van der Waals surface area contributed by atoms with Gasteiger partial charge in [-0.2, -0.15) is 0 Å². The van der Waals surface area contributed by atoms with Crippen LogP contribution in [0.25, 0.3) is 0 Å². The largest absolute Gasteiger partial charge is 0.492 e. The molecule has 0 spiro atoms. The van der Waals surface area contributed by atoms with E-state index in [1.807, 2.05) is 43.3 Å². The summed E-state index contributed by atoms with van der Waals surface area (Å²) in [6.45, 7) is 2.91. The van der Waals surface area contributed by atoms with Gasteiger partial charge in [0.2, 0.25) is 0 Å². The van der Waals surface area contributed by atoms with Gasteiger partial charge in [-0.3, -0.25) is 4.79 Å². The average molecular weight is 433 g/mol. The lowest BCUT2D eigenvalue weighted by Gasteiger charge is -2.18. The molecular formula is C21H21ClN2O2S2. The van der Waals surface area contributed by atoms with Crippen molar-refractivity contribution in [2.24, 2.45) is 0 Å². The van der Waals surface area contributed by atoms with Crippen LogP contribution >= 0.6 is 34.7 Å². The fourth-order valence-electron chi connectivity index (χ4n) is 2.50. The van der Waals surface area contributed by atoms with Gasteiger partial charge in [-0.1, -0.05) is 17.7 Å². The van der Waals surface area contributed by atoms with E-state index in [0.29, 0.717) is 29.5 Å². The summed E-state index contributed by atoms with van der Waals surface area (Å²) in [5.74, 6) is 1.50. The van der Waals surface area contributed by atoms with Crippen molar-refractivity contribution in [3.8, 4) is 5.75 Å². The second-order valence-corrected chi connectivity index (χ2v) is 8.75. The smallest absolute Gasteiger partial charge is 0.253 e. The van der Waals surface area contributed by atoms with Gasteiger partial charge in [-0.05, 0) is 49.4 Å². The zero-order valence-electron chi connectivity index (χ0n) is 15.7. The van der Waals surface area contributed by atoms with Gasteiger partial charge in [0.15, 0.2) is 0 Å². The van der Waals surface area contributed by atoms with Crippen molar-refractivity contribution in [2.45, 2.75) is 17.6 Å². The molecule has 0 fully saturated rings. The van der Waals surface area contributed by atoms with E-state index >= 15 is 0 Å². The first kappa shape index (κ1) is 20.7. The van der Waals surface area contributed by atoms with Crippen LogP contribution in [0, 0.1) is 6.92 Å². The Labute approximate surface area is 178 Å². The highest BCUT2D eigenvalue weighted by Crippen LogP contribution is 2.24. The van der Waals surface area contributed by atoms with Crippen LogP contribution in [0.5, 0.6) is 5.75 Å². The topological polar surface area (TPSA) is 42.4 Å². The Hall–Kier alpha value is -2.02. The molecule has 0 atom stereocenters. The van der Waals surface area contributed by atoms with Crippen LogP contribution in [0.4, 0.5) is 0 Å². The number of benzene rings is 2. The van der Waals surface area contributed by atoms with Crippen molar-refractivity contribution in [1.82, 2.24) is 9.88 Å². The molecule has 146 valence electrons. The third-order valence-electron chi connectivity index (χ3n) is 3.99. The Morgan fingerprint density at radius 1 is 1.25 bits per heavy atom. The molecule has 0 unspecified atom stereocenters. The normalized spacial score (nSPS) is 10.7. The Kier molecular flexibility index (Phi) is 7.36. The number of likely N-dealkylation sites (N-methyl/N-ethyl adjacent to an activating group) is 1. The fourth-order valence-corrected chi connectivity index (χ4v) is 4.19. The Balaban J connectivity index is 1.47. The monoisotopic (exact) mass is 432 g/mol. The number of carbonyl (C=O) groups is 1. The number of carbonyl (C=O) groups excluding carboxylic acids is 1. The number of thioether (sulfide) groups is 1. The van der Waals surface area contributed by atoms with Crippen LogP contribution in [0.1, 0.15) is 21.1 Å². The van der Waals surface area contributed by atoms with Crippen molar-refractivity contribution in [2.75, 3.05) is 20.2 Å². The molecule has 1 heterocycles. The van der Waals surface area contributed by atoms with Crippen molar-refractivity contribution in [3.63, 3.8) is 0 Å². The van der Waals surface area contributed by atoms with Gasteiger partial charge in [0.05, 0.1) is 17.2 Å². The Morgan fingerprint density at radius 2 is 2.04 bits per heavy atom. The molecule has 0 saturated carbocycles. The van der Waals surface area contributed by atoms with Crippen LogP contribution < -0.4 is 4.74 Å². The zero-order chi connectivity index (χ0) is 19.9. The van der Waals surface area contributed by atoms with Gasteiger partial charge in [0.25, 0.3) is 5.91 Å². The van der Waals surface area contributed by atoms with Gasteiger partial charge >= 0.3 is 0 Å². The molecule has 3 rings (SSSR count). The van der Waals surface area contributed by atoms with E-state index in [9.17, 15) is 4.79 Å². The Morgan fingerprint density at radius 3 is 2.71 bits per heavy atom. The second-order valence-electron chi connectivity index (χ2n) is 6.20. The van der Waals surface area contributed by atoms with Gasteiger partial charge in [0.1, 0.15) is 12.4 Å². The summed E-state index contributed by atoms with van der Waals surface area (Å²) in [7, 11) is 1.77. The van der Waals surface area contributed by atoms with Crippen molar-refractivity contribution in [3.05, 3.63) is 75.2 Å². The van der Waals surface area contributed by atoms with Crippen LogP contribution in [-0.4, -0.2) is 36.0 Å². The van der Waals surface area contributed by atoms with Crippen molar-refractivity contribution in [1.29, 1.82) is 0 Å². The summed E-state index contributed by atoms with van der Waals surface area (Å²) in [6, 6.07) is 14.9. The minimum absolute atomic E-state index is 0.0265. The summed E-state index contributed by atoms with van der Waals surface area (Å²) in [5.41, 5.74) is 1.76. The predicted molar refractivity (Wildman–Crippen MR) is 117 cm³/mol. The maximum atomic E-state index is 12.6. The molecule has 7 heteroatoms. The number of ether oxygens (including phenoxy) is 1. The molecular weight excluding hydrogens is 412 g/mol. The Bertz CT molecular complexity index is 928. The molecule has 4 nitrogen and oxygen atoms in total. The minimum Gasteiger partial charge on any atom is -0.492 e. The quantitative estimate of drug-likeness (QED) is 0.438. The van der Waals surface area contributed by atoms with Gasteiger partial charge < -0.3 is 9.64 Å². The van der Waals surface area contributed by atoms with Gasteiger partial charge in [-0.25, -0.2) is 4.98 Å². The number of amides is 1. The maximum absolute atomic E-state index is 12.6. The van der Waals surface area contributed by atoms with E-state index in [0.717, 1.165) is 21.3 Å². The molecule has 1 aromatic heterocycles. The molecule has 0 bridgehead atoms. The van der Waals surface area contributed by atoms with Gasteiger partial charge in [-0.15, -0.1) is 23.1 Å². The van der Waals surface area contributed by atoms with Crippen LogP contribution in [-0.2, 0) is 5.75 Å². The molecule has 0 aliphatic rings. The summed E-state index contributed by atoms with van der Waals surface area (Å²) >= 11 is 9.32. The number of nitrogens with zero attached hydrogens (tertiary/aromatic N) is 2. The molecule has 0 aliphatic carbocycles. The maximum Gasteiger partial charge on any atom is 0.253 e. The van der Waals surface area contributed by atoms with Crippen LogP contribution in [0.15, 0.2) is 58.8 Å². The lowest BCUT2D eigenvalue weighted by Crippen LogP contribution is -2.30. The third kappa shape index (κ3) is 5.99. The number of thiazole rings is 1. The van der Waals surface area contributed by atoms with Crippen LogP contribution in [0.3, 0.4) is 0 Å². The third-order valence-corrected chi connectivity index (χ3v) is 6.10. The molecule has 0 saturated heterocycles. The van der Waals surface area contributed by atoms with Gasteiger partial charge in [0, 0.05) is 33.7 Å². The summed E-state index contributed by atoms with van der Waals surface area (Å²) in [4.78, 5) is 19.8. The second kappa shape index (κ2) is 9.96. The van der Waals surface area contributed by atoms with Crippen LogP contribution in [0.2, 0.25) is 5.02 Å². The van der Waals surface area contributed by atoms with Crippen molar-refractivity contribution >= 4 is 40.6 Å². The van der Waals surface area contributed by atoms with E-state index in [1.54, 1.807) is 47.2 Å². The summed E-state index contributed by atoms with van der Waals surface area (Å²) < 4.78 is 5.65. The van der Waals surface area contributed by atoms with E-state index in [2.05, 4.69) is 10.4 Å². The molecule has 1 amide bonds. The predicted octanol–water partition coefficient (Wildman–Crippen LogP) is 5.55. The number of halogens is 1. The molecule has 3 aromatic rings. The number of rotatable bonds is 8. The fraction of sp³-hybridized carbons (Fsp3) is 0.238. The lowest BCUT2D eigenvalue weighted by atomic mass is 10.2. The summed E-state index contributed by atoms with van der Waals surface area (Å²) in [6.07, 6.45) is 0. The molecule has 0 N–H and O–H groups in total. The van der Waals surface area contributed by atoms with E-state index in [-0.39, 0.29) is 5.91 Å². The average Bonchev–Trinajstić information content (AvgIpc) is 3.11. The molecule has 28 heavy (non-hydrogen) atoms. The first-order valence-corrected chi connectivity index (χ1v) is 11.0. The van der Waals surface area contributed by atoms with E-state index in [1.165, 1.54) is 0 Å². The molecule has 0 aliphatic heterocycles. The molecule has 2 aromatic carbocycles. The van der Waals surface area contributed by atoms with Crippen molar-refractivity contribution < 1.29 is 9.53 Å². The number of aryl methyl sites for hydroxylation is 1. The van der Waals surface area contributed by atoms with E-state index in [4.69, 9.17) is 16.3 Å². The first-order chi connectivity index (χ1) is 13.5.